The van der Waals surface area contributed by atoms with Gasteiger partial charge in [-0.2, -0.15) is 4.31 Å². The summed E-state index contributed by atoms with van der Waals surface area (Å²) >= 11 is 0. The fraction of sp³-hybridized carbons (Fsp3) is 0.692. The summed E-state index contributed by atoms with van der Waals surface area (Å²) in [4.78, 5) is 2.99. The van der Waals surface area contributed by atoms with Crippen LogP contribution in [0.25, 0.3) is 0 Å². The normalized spacial score (nSPS) is 12.8. The van der Waals surface area contributed by atoms with E-state index in [4.69, 9.17) is 5.11 Å². The largest absolute Gasteiger partial charge is 0.390 e. The highest BCUT2D eigenvalue weighted by atomic mass is 32.2. The van der Waals surface area contributed by atoms with Crippen LogP contribution in [0.4, 0.5) is 0 Å². The number of rotatable bonds is 7. The van der Waals surface area contributed by atoms with Gasteiger partial charge in [0.05, 0.1) is 11.5 Å². The molecule has 6 heteroatoms. The molecule has 19 heavy (non-hydrogen) atoms. The predicted octanol–water partition coefficient (Wildman–Crippen LogP) is 1.81. The Hall–Kier alpha value is -0.850. The Bertz CT molecular complexity index is 482. The lowest BCUT2D eigenvalue weighted by atomic mass is 10.2. The molecule has 5 nitrogen and oxygen atoms in total. The van der Waals surface area contributed by atoms with E-state index in [1.54, 1.807) is 0 Å². The monoisotopic (exact) mass is 288 g/mol. The maximum atomic E-state index is 12.6. The Labute approximate surface area is 115 Å². The molecule has 0 aliphatic carbocycles. The molecule has 0 fully saturated rings. The standard InChI is InChI=1S/C13H24N2O3S/c1-10(2)7-15(8-11(3)4)19(17,18)13-5-12(9-16)14-6-13/h5-6,10-11,14,16H,7-9H2,1-4H3. The minimum absolute atomic E-state index is 0.191. The Morgan fingerprint density at radius 1 is 1.21 bits per heavy atom. The fourth-order valence-corrected chi connectivity index (χ4v) is 3.68. The third-order valence-corrected chi connectivity index (χ3v) is 4.47. The summed E-state index contributed by atoms with van der Waals surface area (Å²) in [5.41, 5.74) is 0.507. The zero-order valence-corrected chi connectivity index (χ0v) is 12.9. The van der Waals surface area contributed by atoms with E-state index in [1.807, 2.05) is 27.7 Å². The van der Waals surface area contributed by atoms with E-state index in [2.05, 4.69) is 4.98 Å². The fourth-order valence-electron chi connectivity index (χ4n) is 1.89. The summed E-state index contributed by atoms with van der Waals surface area (Å²) < 4.78 is 26.6. The summed E-state index contributed by atoms with van der Waals surface area (Å²) in [7, 11) is -3.49. The van der Waals surface area contributed by atoms with Crippen molar-refractivity contribution in [2.24, 2.45) is 11.8 Å². The van der Waals surface area contributed by atoms with Gasteiger partial charge in [-0.3, -0.25) is 0 Å². The first kappa shape index (κ1) is 16.2. The van der Waals surface area contributed by atoms with Gasteiger partial charge in [-0.15, -0.1) is 0 Å². The molecule has 0 saturated carbocycles. The second kappa shape index (κ2) is 6.54. The van der Waals surface area contributed by atoms with Crippen molar-refractivity contribution in [3.05, 3.63) is 18.0 Å². The molecule has 110 valence electrons. The van der Waals surface area contributed by atoms with Crippen molar-refractivity contribution in [1.82, 2.24) is 9.29 Å². The van der Waals surface area contributed by atoms with E-state index in [9.17, 15) is 8.42 Å². The van der Waals surface area contributed by atoms with Gasteiger partial charge in [0, 0.05) is 25.0 Å². The number of hydrogen-bond acceptors (Lipinski definition) is 3. The average molecular weight is 288 g/mol. The SMILES string of the molecule is CC(C)CN(CC(C)C)S(=O)(=O)c1c[nH]c(CO)c1. The molecule has 0 amide bonds. The van der Waals surface area contributed by atoms with Crippen LogP contribution >= 0.6 is 0 Å². The summed E-state index contributed by atoms with van der Waals surface area (Å²) in [6.07, 6.45) is 1.44. The summed E-state index contributed by atoms with van der Waals surface area (Å²) in [6.45, 7) is 8.81. The van der Waals surface area contributed by atoms with E-state index >= 15 is 0 Å². The second-order valence-electron chi connectivity index (χ2n) is 5.63. The van der Waals surface area contributed by atoms with Gasteiger partial charge < -0.3 is 10.1 Å². The quantitative estimate of drug-likeness (QED) is 0.803. The summed E-state index contributed by atoms with van der Waals surface area (Å²) in [6, 6.07) is 1.49. The van der Waals surface area contributed by atoms with E-state index in [1.165, 1.54) is 16.6 Å². The summed E-state index contributed by atoms with van der Waals surface area (Å²) in [5, 5.41) is 9.01. The van der Waals surface area contributed by atoms with E-state index in [-0.39, 0.29) is 23.3 Å². The van der Waals surface area contributed by atoms with Crippen LogP contribution in [0.1, 0.15) is 33.4 Å². The highest BCUT2D eigenvalue weighted by Gasteiger charge is 2.26. The van der Waals surface area contributed by atoms with Gasteiger partial charge in [-0.25, -0.2) is 8.42 Å². The Morgan fingerprint density at radius 3 is 2.11 bits per heavy atom. The number of nitrogens with one attached hydrogen (secondary N) is 1. The van der Waals surface area contributed by atoms with E-state index in [0.717, 1.165) is 0 Å². The molecule has 1 heterocycles. The van der Waals surface area contributed by atoms with E-state index < -0.39 is 10.0 Å². The van der Waals surface area contributed by atoms with Gasteiger partial charge >= 0.3 is 0 Å². The molecule has 0 spiro atoms. The lowest BCUT2D eigenvalue weighted by molar-refractivity contribution is 0.277. The predicted molar refractivity (Wildman–Crippen MR) is 75.2 cm³/mol. The maximum absolute atomic E-state index is 12.6. The first-order valence-electron chi connectivity index (χ1n) is 6.55. The maximum Gasteiger partial charge on any atom is 0.244 e. The average Bonchev–Trinajstić information content (AvgIpc) is 2.75. The highest BCUT2D eigenvalue weighted by Crippen LogP contribution is 2.19. The number of H-pyrrole nitrogens is 1. The molecule has 1 aromatic heterocycles. The van der Waals surface area contributed by atoms with Crippen LogP contribution < -0.4 is 0 Å². The number of sulfonamides is 1. The molecular weight excluding hydrogens is 264 g/mol. The molecule has 0 bridgehead atoms. The molecular formula is C13H24N2O3S. The molecule has 0 aliphatic heterocycles. The molecule has 2 N–H and O–H groups in total. The number of aromatic amines is 1. The third-order valence-electron chi connectivity index (χ3n) is 2.66. The molecule has 1 aromatic rings. The van der Waals surface area contributed by atoms with Gasteiger partial charge in [-0.1, -0.05) is 27.7 Å². The number of aliphatic hydroxyl groups excluding tert-OH is 1. The van der Waals surface area contributed by atoms with Crippen LogP contribution in [-0.2, 0) is 16.6 Å². The molecule has 0 radical (unpaired) electrons. The van der Waals surface area contributed by atoms with Crippen LogP contribution in [0.2, 0.25) is 0 Å². The third kappa shape index (κ3) is 4.33. The van der Waals surface area contributed by atoms with Crippen LogP contribution in [-0.4, -0.2) is 35.9 Å². The lowest BCUT2D eigenvalue weighted by Gasteiger charge is -2.25. The first-order chi connectivity index (χ1) is 8.77. The van der Waals surface area contributed by atoms with Crippen LogP contribution in [0.3, 0.4) is 0 Å². The molecule has 1 rings (SSSR count). The minimum atomic E-state index is -3.49. The minimum Gasteiger partial charge on any atom is -0.390 e. The molecule has 0 saturated heterocycles. The zero-order chi connectivity index (χ0) is 14.6. The lowest BCUT2D eigenvalue weighted by Crippen LogP contribution is -2.36. The first-order valence-corrected chi connectivity index (χ1v) is 7.99. The Kier molecular flexibility index (Phi) is 5.58. The van der Waals surface area contributed by atoms with Crippen LogP contribution in [0.15, 0.2) is 17.2 Å². The van der Waals surface area contributed by atoms with Crippen molar-refractivity contribution in [3.63, 3.8) is 0 Å². The van der Waals surface area contributed by atoms with Crippen LogP contribution in [0.5, 0.6) is 0 Å². The smallest absolute Gasteiger partial charge is 0.244 e. The molecule has 0 aliphatic rings. The Morgan fingerprint density at radius 2 is 1.74 bits per heavy atom. The van der Waals surface area contributed by atoms with Crippen molar-refractivity contribution in [1.29, 1.82) is 0 Å². The van der Waals surface area contributed by atoms with Crippen molar-refractivity contribution >= 4 is 10.0 Å². The van der Waals surface area contributed by atoms with Crippen LogP contribution in [0, 0.1) is 11.8 Å². The second-order valence-corrected chi connectivity index (χ2v) is 7.57. The van der Waals surface area contributed by atoms with Crippen molar-refractivity contribution in [3.8, 4) is 0 Å². The Balaban J connectivity index is 3.03. The highest BCUT2D eigenvalue weighted by molar-refractivity contribution is 7.89. The van der Waals surface area contributed by atoms with Crippen molar-refractivity contribution in [2.75, 3.05) is 13.1 Å². The van der Waals surface area contributed by atoms with Gasteiger partial charge in [0.15, 0.2) is 0 Å². The number of hydrogen-bond donors (Lipinski definition) is 2. The van der Waals surface area contributed by atoms with Gasteiger partial charge in [-0.05, 0) is 17.9 Å². The molecule has 0 atom stereocenters. The zero-order valence-electron chi connectivity index (χ0n) is 12.0. The number of aliphatic hydroxyl groups is 1. The number of aromatic nitrogens is 1. The van der Waals surface area contributed by atoms with Gasteiger partial charge in [0.1, 0.15) is 0 Å². The number of nitrogens with zero attached hydrogens (tertiary/aromatic N) is 1. The molecule has 0 aromatic carbocycles. The summed E-state index contributed by atoms with van der Waals surface area (Å²) in [5.74, 6) is 0.537. The van der Waals surface area contributed by atoms with Gasteiger partial charge in [0.2, 0.25) is 10.0 Å². The van der Waals surface area contributed by atoms with Crippen molar-refractivity contribution in [2.45, 2.75) is 39.2 Å². The van der Waals surface area contributed by atoms with E-state index in [0.29, 0.717) is 18.8 Å². The van der Waals surface area contributed by atoms with Crippen molar-refractivity contribution < 1.29 is 13.5 Å². The topological polar surface area (TPSA) is 73.4 Å². The van der Waals surface area contributed by atoms with Gasteiger partial charge in [0.25, 0.3) is 0 Å². The molecule has 0 unspecified atom stereocenters.